The maximum absolute atomic E-state index is 13.3. The van der Waals surface area contributed by atoms with Gasteiger partial charge in [0.05, 0.1) is 23.4 Å². The van der Waals surface area contributed by atoms with Crippen LogP contribution in [0.1, 0.15) is 21.5 Å². The van der Waals surface area contributed by atoms with Crippen molar-refractivity contribution in [2.24, 2.45) is 0 Å². The average molecular weight is 465 g/mol. The Balaban J connectivity index is 1.34. The summed E-state index contributed by atoms with van der Waals surface area (Å²) in [5, 5.41) is 12.4. The Labute approximate surface area is 202 Å². The van der Waals surface area contributed by atoms with E-state index in [9.17, 15) is 14.9 Å². The number of carbonyl (C=O) groups excluding carboxylic acids is 1. The lowest BCUT2D eigenvalue weighted by molar-refractivity contribution is 0.0748. The number of para-hydroxylation sites is 1. The Morgan fingerprint density at radius 3 is 2.49 bits per heavy atom. The van der Waals surface area contributed by atoms with Crippen molar-refractivity contribution in [2.45, 2.75) is 6.54 Å². The van der Waals surface area contributed by atoms with Gasteiger partial charge in [-0.3, -0.25) is 14.0 Å². The van der Waals surface area contributed by atoms with Crippen molar-refractivity contribution in [3.05, 3.63) is 106 Å². The fourth-order valence-corrected chi connectivity index (χ4v) is 4.35. The van der Waals surface area contributed by atoms with Gasteiger partial charge in [0.15, 0.2) is 5.65 Å². The fraction of sp³-hybridized carbons (Fsp3) is 0.185. The number of nitriles is 1. The van der Waals surface area contributed by atoms with E-state index in [-0.39, 0.29) is 11.5 Å². The third-order valence-electron chi connectivity index (χ3n) is 6.26. The first kappa shape index (κ1) is 22.2. The summed E-state index contributed by atoms with van der Waals surface area (Å²) in [5.41, 5.74) is 3.22. The molecule has 0 bridgehead atoms. The third kappa shape index (κ3) is 4.44. The van der Waals surface area contributed by atoms with Crippen molar-refractivity contribution in [2.75, 3.05) is 36.4 Å². The molecular formula is C27H24N6O2. The van der Waals surface area contributed by atoms with Gasteiger partial charge >= 0.3 is 0 Å². The SMILES string of the molecule is N#Cc1ccccc1CNc1cnc2c(C(=O)N3CCN(c4ccccc4)CC3)cccn2c1=O. The topological polar surface area (TPSA) is 93.7 Å². The van der Waals surface area contributed by atoms with Gasteiger partial charge < -0.3 is 15.1 Å². The van der Waals surface area contributed by atoms with E-state index in [0.29, 0.717) is 42.1 Å². The molecule has 8 heteroatoms. The predicted molar refractivity (Wildman–Crippen MR) is 135 cm³/mol. The molecule has 4 aromatic rings. The summed E-state index contributed by atoms with van der Waals surface area (Å²) in [7, 11) is 0. The highest BCUT2D eigenvalue weighted by atomic mass is 16.2. The van der Waals surface area contributed by atoms with E-state index in [4.69, 9.17) is 0 Å². The van der Waals surface area contributed by atoms with Gasteiger partial charge in [0.2, 0.25) is 0 Å². The smallest absolute Gasteiger partial charge is 0.281 e. The molecule has 0 spiro atoms. The molecule has 1 N–H and O–H groups in total. The molecule has 1 amide bonds. The maximum atomic E-state index is 13.3. The zero-order chi connectivity index (χ0) is 24.2. The van der Waals surface area contributed by atoms with E-state index in [1.165, 1.54) is 10.6 Å². The number of carbonyl (C=O) groups is 1. The third-order valence-corrected chi connectivity index (χ3v) is 6.26. The highest BCUT2D eigenvalue weighted by molar-refractivity contribution is 6.00. The summed E-state index contributed by atoms with van der Waals surface area (Å²) in [4.78, 5) is 35.0. The van der Waals surface area contributed by atoms with Gasteiger partial charge in [-0.05, 0) is 35.9 Å². The van der Waals surface area contributed by atoms with Crippen LogP contribution in [0.2, 0.25) is 0 Å². The zero-order valence-corrected chi connectivity index (χ0v) is 19.1. The van der Waals surface area contributed by atoms with Gasteiger partial charge in [-0.15, -0.1) is 0 Å². The van der Waals surface area contributed by atoms with Gasteiger partial charge in [0.1, 0.15) is 5.69 Å². The zero-order valence-electron chi connectivity index (χ0n) is 19.1. The molecule has 1 fully saturated rings. The number of amides is 1. The summed E-state index contributed by atoms with van der Waals surface area (Å²) in [6.07, 6.45) is 3.07. The Hall–Kier alpha value is -4.64. The summed E-state index contributed by atoms with van der Waals surface area (Å²) in [6.45, 7) is 2.99. The molecule has 8 nitrogen and oxygen atoms in total. The average Bonchev–Trinajstić information content (AvgIpc) is 2.93. The van der Waals surface area contributed by atoms with Crippen LogP contribution in [0.3, 0.4) is 0 Å². The van der Waals surface area contributed by atoms with E-state index < -0.39 is 0 Å². The van der Waals surface area contributed by atoms with Crippen LogP contribution in [0.15, 0.2) is 83.9 Å². The number of pyridine rings is 1. The van der Waals surface area contributed by atoms with E-state index >= 15 is 0 Å². The fourth-order valence-electron chi connectivity index (χ4n) is 4.35. The number of hydrogen-bond donors (Lipinski definition) is 1. The molecule has 0 aliphatic carbocycles. The van der Waals surface area contributed by atoms with Crippen molar-refractivity contribution in [1.29, 1.82) is 5.26 Å². The number of aromatic nitrogens is 2. The summed E-state index contributed by atoms with van der Waals surface area (Å²) in [5.74, 6) is -0.133. The first-order chi connectivity index (χ1) is 17.2. The molecule has 1 aliphatic heterocycles. The molecule has 0 atom stereocenters. The quantitative estimate of drug-likeness (QED) is 0.488. The minimum atomic E-state index is -0.298. The highest BCUT2D eigenvalue weighted by Crippen LogP contribution is 2.18. The number of nitrogens with zero attached hydrogens (tertiary/aromatic N) is 5. The van der Waals surface area contributed by atoms with E-state index in [1.54, 1.807) is 30.5 Å². The van der Waals surface area contributed by atoms with Crippen LogP contribution in [-0.4, -0.2) is 46.4 Å². The minimum absolute atomic E-state index is 0.133. The Kier molecular flexibility index (Phi) is 6.14. The normalized spacial score (nSPS) is 13.5. The number of fused-ring (bicyclic) bond motifs is 1. The van der Waals surface area contributed by atoms with Crippen LogP contribution < -0.4 is 15.8 Å². The van der Waals surface area contributed by atoms with Crippen molar-refractivity contribution in [3.8, 4) is 6.07 Å². The van der Waals surface area contributed by atoms with E-state index in [1.807, 2.05) is 35.2 Å². The van der Waals surface area contributed by atoms with Crippen LogP contribution in [-0.2, 0) is 6.54 Å². The molecule has 1 aliphatic rings. The number of piperazine rings is 1. The van der Waals surface area contributed by atoms with E-state index in [2.05, 4.69) is 33.4 Å². The monoisotopic (exact) mass is 464 g/mol. The standard InChI is InChI=1S/C27H24N6O2/c28-17-20-7-4-5-8-21(20)18-29-24-19-30-25-23(11-6-12-33(25)27(24)35)26(34)32-15-13-31(14-16-32)22-9-2-1-3-10-22/h1-12,19,29H,13-16,18H2. The summed E-state index contributed by atoms with van der Waals surface area (Å²) < 4.78 is 1.39. The first-order valence-electron chi connectivity index (χ1n) is 11.5. The molecule has 0 saturated carbocycles. The van der Waals surface area contributed by atoms with Crippen molar-refractivity contribution in [3.63, 3.8) is 0 Å². The van der Waals surface area contributed by atoms with Crippen LogP contribution in [0.25, 0.3) is 5.65 Å². The lowest BCUT2D eigenvalue weighted by Gasteiger charge is -2.36. The Morgan fingerprint density at radius 2 is 1.71 bits per heavy atom. The predicted octanol–water partition coefficient (Wildman–Crippen LogP) is 3.14. The second-order valence-corrected chi connectivity index (χ2v) is 8.33. The van der Waals surface area contributed by atoms with E-state index in [0.717, 1.165) is 24.3 Å². The summed E-state index contributed by atoms with van der Waals surface area (Å²) >= 11 is 0. The van der Waals surface area contributed by atoms with Crippen LogP contribution in [0, 0.1) is 11.3 Å². The van der Waals surface area contributed by atoms with Crippen LogP contribution in [0.5, 0.6) is 0 Å². The number of rotatable bonds is 5. The molecule has 1 saturated heterocycles. The lowest BCUT2D eigenvalue weighted by Crippen LogP contribution is -2.49. The highest BCUT2D eigenvalue weighted by Gasteiger charge is 2.24. The molecule has 3 heterocycles. The number of benzene rings is 2. The van der Waals surface area contributed by atoms with Gasteiger partial charge in [0.25, 0.3) is 11.5 Å². The van der Waals surface area contributed by atoms with Gasteiger partial charge in [-0.2, -0.15) is 5.26 Å². The molecule has 0 radical (unpaired) electrons. The molecule has 174 valence electrons. The summed E-state index contributed by atoms with van der Waals surface area (Å²) in [6, 6.07) is 22.9. The number of nitrogens with one attached hydrogen (secondary N) is 1. The molecule has 35 heavy (non-hydrogen) atoms. The Morgan fingerprint density at radius 1 is 0.971 bits per heavy atom. The minimum Gasteiger partial charge on any atom is -0.375 e. The number of anilines is 2. The first-order valence-corrected chi connectivity index (χ1v) is 11.5. The van der Waals surface area contributed by atoms with Crippen molar-refractivity contribution < 1.29 is 4.79 Å². The molecule has 2 aromatic carbocycles. The van der Waals surface area contributed by atoms with Crippen LogP contribution >= 0.6 is 0 Å². The molecular weight excluding hydrogens is 440 g/mol. The molecule has 0 unspecified atom stereocenters. The van der Waals surface area contributed by atoms with Gasteiger partial charge in [-0.25, -0.2) is 4.98 Å². The van der Waals surface area contributed by atoms with Crippen molar-refractivity contribution >= 4 is 22.9 Å². The second kappa shape index (κ2) is 9.69. The molecule has 5 rings (SSSR count). The molecule has 2 aromatic heterocycles. The largest absolute Gasteiger partial charge is 0.375 e. The second-order valence-electron chi connectivity index (χ2n) is 8.33. The van der Waals surface area contributed by atoms with Crippen molar-refractivity contribution in [1.82, 2.24) is 14.3 Å². The number of hydrogen-bond acceptors (Lipinski definition) is 6. The maximum Gasteiger partial charge on any atom is 0.281 e. The Bertz CT molecular complexity index is 1470. The van der Waals surface area contributed by atoms with Gasteiger partial charge in [0, 0.05) is 44.6 Å². The van der Waals surface area contributed by atoms with Gasteiger partial charge in [-0.1, -0.05) is 36.4 Å². The lowest BCUT2D eigenvalue weighted by atomic mass is 10.1. The van der Waals surface area contributed by atoms with Crippen LogP contribution in [0.4, 0.5) is 11.4 Å².